The Morgan fingerprint density at radius 3 is 2.37 bits per heavy atom. The first-order valence-electron chi connectivity index (χ1n) is 7.02. The Balaban J connectivity index is 2.89. The molecule has 0 bridgehead atoms. The zero-order valence-electron chi connectivity index (χ0n) is 12.9. The molecule has 1 aromatic carbocycles. The Kier molecular flexibility index (Phi) is 5.98. The molecule has 0 aromatic heterocycles. The molecule has 0 aliphatic carbocycles. The van der Waals surface area contributed by atoms with E-state index < -0.39 is 0 Å². The van der Waals surface area contributed by atoms with Crippen LogP contribution in [0.3, 0.4) is 0 Å². The molecule has 0 aliphatic heterocycles. The van der Waals surface area contributed by atoms with Gasteiger partial charge in [0.1, 0.15) is 0 Å². The predicted molar refractivity (Wildman–Crippen MR) is 80.9 cm³/mol. The molecular weight excluding hydrogens is 236 g/mol. The van der Waals surface area contributed by atoms with E-state index in [1.807, 2.05) is 6.92 Å². The zero-order valence-corrected chi connectivity index (χ0v) is 12.9. The summed E-state index contributed by atoms with van der Waals surface area (Å²) >= 11 is 0. The molecule has 1 aromatic rings. The summed E-state index contributed by atoms with van der Waals surface area (Å²) in [7, 11) is 0. The SMILES string of the molecule is CCOC(C(Cc1ccccc1C)NN)C(C)(C)C. The molecule has 0 aliphatic rings. The molecule has 0 heterocycles. The van der Waals surface area contributed by atoms with Crippen LogP contribution in [0.25, 0.3) is 0 Å². The maximum absolute atomic E-state index is 5.93. The van der Waals surface area contributed by atoms with Crippen LogP contribution in [0.1, 0.15) is 38.8 Å². The van der Waals surface area contributed by atoms with E-state index in [-0.39, 0.29) is 17.6 Å². The van der Waals surface area contributed by atoms with Crippen molar-refractivity contribution in [1.82, 2.24) is 5.43 Å². The van der Waals surface area contributed by atoms with Gasteiger partial charge in [-0.1, -0.05) is 45.0 Å². The van der Waals surface area contributed by atoms with Crippen LogP contribution in [0.5, 0.6) is 0 Å². The normalized spacial score (nSPS) is 15.3. The highest BCUT2D eigenvalue weighted by molar-refractivity contribution is 5.26. The van der Waals surface area contributed by atoms with Gasteiger partial charge in [-0.3, -0.25) is 11.3 Å². The lowest BCUT2D eigenvalue weighted by molar-refractivity contribution is -0.0356. The number of nitrogens with two attached hydrogens (primary N) is 1. The third-order valence-corrected chi connectivity index (χ3v) is 3.48. The van der Waals surface area contributed by atoms with Gasteiger partial charge in [0.15, 0.2) is 0 Å². The maximum atomic E-state index is 5.93. The second kappa shape index (κ2) is 7.04. The van der Waals surface area contributed by atoms with Gasteiger partial charge in [-0.25, -0.2) is 0 Å². The topological polar surface area (TPSA) is 47.3 Å². The monoisotopic (exact) mass is 264 g/mol. The van der Waals surface area contributed by atoms with E-state index in [0.717, 1.165) is 6.42 Å². The molecular formula is C16H28N2O. The molecule has 3 N–H and O–H groups in total. The number of rotatable bonds is 6. The third-order valence-electron chi connectivity index (χ3n) is 3.48. The minimum atomic E-state index is 0.0513. The average Bonchev–Trinajstić information content (AvgIpc) is 2.34. The quantitative estimate of drug-likeness (QED) is 0.613. The van der Waals surface area contributed by atoms with Crippen LogP contribution in [0.2, 0.25) is 0 Å². The summed E-state index contributed by atoms with van der Waals surface area (Å²) in [5.74, 6) is 5.77. The lowest BCUT2D eigenvalue weighted by Gasteiger charge is -2.36. The molecule has 0 fully saturated rings. The van der Waals surface area contributed by atoms with Crippen LogP contribution in [0.4, 0.5) is 0 Å². The smallest absolute Gasteiger partial charge is 0.0792 e. The second-order valence-electron chi connectivity index (χ2n) is 6.15. The van der Waals surface area contributed by atoms with Crippen molar-refractivity contribution in [2.45, 2.75) is 53.2 Å². The van der Waals surface area contributed by atoms with E-state index in [1.165, 1.54) is 11.1 Å². The van der Waals surface area contributed by atoms with Crippen molar-refractivity contribution in [3.63, 3.8) is 0 Å². The van der Waals surface area contributed by atoms with E-state index in [4.69, 9.17) is 10.6 Å². The van der Waals surface area contributed by atoms with Crippen LogP contribution in [0, 0.1) is 12.3 Å². The Hall–Kier alpha value is -0.900. The highest BCUT2D eigenvalue weighted by atomic mass is 16.5. The molecule has 0 saturated carbocycles. The number of aryl methyl sites for hydroxylation is 1. The zero-order chi connectivity index (χ0) is 14.5. The fourth-order valence-corrected chi connectivity index (χ4v) is 2.48. The lowest BCUT2D eigenvalue weighted by atomic mass is 9.82. The average molecular weight is 264 g/mol. The molecule has 3 nitrogen and oxygen atoms in total. The summed E-state index contributed by atoms with van der Waals surface area (Å²) in [5, 5.41) is 0. The van der Waals surface area contributed by atoms with Crippen molar-refractivity contribution in [1.29, 1.82) is 0 Å². The largest absolute Gasteiger partial charge is 0.376 e. The van der Waals surface area contributed by atoms with Crippen molar-refractivity contribution < 1.29 is 4.74 Å². The first kappa shape index (κ1) is 16.2. The summed E-state index contributed by atoms with van der Waals surface area (Å²) in [4.78, 5) is 0. The Bertz CT molecular complexity index is 385. The molecule has 0 amide bonds. The van der Waals surface area contributed by atoms with Gasteiger partial charge in [-0.05, 0) is 36.8 Å². The van der Waals surface area contributed by atoms with Crippen LogP contribution in [-0.4, -0.2) is 18.8 Å². The minimum Gasteiger partial charge on any atom is -0.376 e. The second-order valence-corrected chi connectivity index (χ2v) is 6.15. The van der Waals surface area contributed by atoms with Gasteiger partial charge in [0, 0.05) is 6.61 Å². The minimum absolute atomic E-state index is 0.0513. The van der Waals surface area contributed by atoms with Gasteiger partial charge in [0.2, 0.25) is 0 Å². The molecule has 3 heteroatoms. The molecule has 19 heavy (non-hydrogen) atoms. The Morgan fingerprint density at radius 2 is 1.89 bits per heavy atom. The van der Waals surface area contributed by atoms with Gasteiger partial charge in [-0.15, -0.1) is 0 Å². The van der Waals surface area contributed by atoms with Gasteiger partial charge < -0.3 is 4.74 Å². The van der Waals surface area contributed by atoms with Crippen molar-refractivity contribution in [2.75, 3.05) is 6.61 Å². The van der Waals surface area contributed by atoms with Crippen molar-refractivity contribution >= 4 is 0 Å². The lowest BCUT2D eigenvalue weighted by Crippen LogP contribution is -2.52. The summed E-state index contributed by atoms with van der Waals surface area (Å²) in [6.45, 7) is 11.4. The first-order chi connectivity index (χ1) is 8.90. The number of benzene rings is 1. The predicted octanol–water partition coefficient (Wildman–Crippen LogP) is 2.82. The van der Waals surface area contributed by atoms with Gasteiger partial charge in [0.05, 0.1) is 12.1 Å². The van der Waals surface area contributed by atoms with E-state index in [0.29, 0.717) is 6.61 Å². The number of hydrogen-bond acceptors (Lipinski definition) is 3. The van der Waals surface area contributed by atoms with Crippen LogP contribution in [-0.2, 0) is 11.2 Å². The highest BCUT2D eigenvalue weighted by Gasteiger charge is 2.32. The van der Waals surface area contributed by atoms with Crippen LogP contribution in [0.15, 0.2) is 24.3 Å². The molecule has 0 radical (unpaired) electrons. The molecule has 108 valence electrons. The van der Waals surface area contributed by atoms with Crippen molar-refractivity contribution in [3.05, 3.63) is 35.4 Å². The van der Waals surface area contributed by atoms with Crippen LogP contribution >= 0.6 is 0 Å². The molecule has 0 saturated heterocycles. The van der Waals surface area contributed by atoms with E-state index >= 15 is 0 Å². The standard InChI is InChI=1S/C16H28N2O/c1-6-19-15(16(3,4)5)14(18-17)11-13-10-8-7-9-12(13)2/h7-10,14-15,18H,6,11,17H2,1-5H3. The van der Waals surface area contributed by atoms with E-state index in [9.17, 15) is 0 Å². The van der Waals surface area contributed by atoms with E-state index in [1.54, 1.807) is 0 Å². The number of hydrogen-bond donors (Lipinski definition) is 2. The first-order valence-corrected chi connectivity index (χ1v) is 7.02. The molecule has 0 spiro atoms. The number of hydrazine groups is 1. The molecule has 2 unspecified atom stereocenters. The summed E-state index contributed by atoms with van der Waals surface area (Å²) < 4.78 is 5.93. The fraction of sp³-hybridized carbons (Fsp3) is 0.625. The summed E-state index contributed by atoms with van der Waals surface area (Å²) in [6, 6.07) is 8.54. The highest BCUT2D eigenvalue weighted by Crippen LogP contribution is 2.27. The number of ether oxygens (including phenoxy) is 1. The van der Waals surface area contributed by atoms with Gasteiger partial charge in [-0.2, -0.15) is 0 Å². The van der Waals surface area contributed by atoms with Gasteiger partial charge >= 0.3 is 0 Å². The van der Waals surface area contributed by atoms with Gasteiger partial charge in [0.25, 0.3) is 0 Å². The summed E-state index contributed by atoms with van der Waals surface area (Å²) in [6.07, 6.45) is 0.965. The molecule has 1 rings (SSSR count). The van der Waals surface area contributed by atoms with Crippen LogP contribution < -0.4 is 11.3 Å². The summed E-state index contributed by atoms with van der Waals surface area (Å²) in [5.41, 5.74) is 5.61. The Labute approximate surface area is 117 Å². The number of nitrogens with one attached hydrogen (secondary N) is 1. The third kappa shape index (κ3) is 4.60. The molecule has 2 atom stereocenters. The fourth-order valence-electron chi connectivity index (χ4n) is 2.48. The van der Waals surface area contributed by atoms with E-state index in [2.05, 4.69) is 57.4 Å². The maximum Gasteiger partial charge on any atom is 0.0792 e. The van der Waals surface area contributed by atoms with Crippen molar-refractivity contribution in [2.24, 2.45) is 11.3 Å². The Morgan fingerprint density at radius 1 is 1.26 bits per heavy atom. The van der Waals surface area contributed by atoms with Crippen molar-refractivity contribution in [3.8, 4) is 0 Å².